The average molecular weight is 200 g/mol. The van der Waals surface area contributed by atoms with E-state index in [1.54, 1.807) is 0 Å². The lowest BCUT2D eigenvalue weighted by atomic mass is 10.2. The molecule has 1 aliphatic heterocycles. The first-order valence-electron chi connectivity index (χ1n) is 3.71. The fourth-order valence-corrected chi connectivity index (χ4v) is 1.38. The van der Waals surface area contributed by atoms with Crippen molar-refractivity contribution in [2.45, 2.75) is 19.9 Å². The zero-order chi connectivity index (χ0) is 9.14. The molecular formula is C8H12N2S2. The second kappa shape index (κ2) is 4.05. The number of thiol groups is 2. The van der Waals surface area contributed by atoms with Crippen molar-refractivity contribution < 1.29 is 0 Å². The number of hydrogen-bond acceptors (Lipinski definition) is 4. The number of hydrogen-bond donors (Lipinski definition) is 2. The predicted octanol–water partition coefficient (Wildman–Crippen LogP) is 2.28. The van der Waals surface area contributed by atoms with Crippen molar-refractivity contribution in [1.29, 1.82) is 0 Å². The molecule has 4 heteroatoms. The highest BCUT2D eigenvalue weighted by Gasteiger charge is 2.05. The Balaban J connectivity index is 2.96. The Morgan fingerprint density at radius 2 is 2.17 bits per heavy atom. The Labute approximate surface area is 84.1 Å². The summed E-state index contributed by atoms with van der Waals surface area (Å²) in [5.74, 6) is 0. The average Bonchev–Trinajstić information content (AvgIpc) is 2.14. The molecule has 1 unspecified atom stereocenters. The van der Waals surface area contributed by atoms with Gasteiger partial charge in [0.05, 0.1) is 11.7 Å². The molecule has 1 atom stereocenters. The third kappa shape index (κ3) is 2.32. The molecule has 2 nitrogen and oxygen atoms in total. The lowest BCUT2D eigenvalue weighted by Crippen LogP contribution is -1.98. The van der Waals surface area contributed by atoms with Gasteiger partial charge in [-0.25, -0.2) is 0 Å². The molecule has 66 valence electrons. The van der Waals surface area contributed by atoms with Crippen LogP contribution in [0.25, 0.3) is 0 Å². The standard InChI is InChI=1S/C8H12N2S2/c1-6-5-9-7(2)3-4-8(6)10(11)12/h3-5,7,11-12H,1-2H3. The maximum absolute atomic E-state index is 4.27. The van der Waals surface area contributed by atoms with Crippen molar-refractivity contribution in [3.8, 4) is 0 Å². The molecule has 12 heavy (non-hydrogen) atoms. The molecule has 0 amide bonds. The Bertz CT molecular complexity index is 254. The smallest absolute Gasteiger partial charge is 0.0655 e. The lowest BCUT2D eigenvalue weighted by Gasteiger charge is -2.11. The van der Waals surface area contributed by atoms with E-state index in [4.69, 9.17) is 0 Å². The van der Waals surface area contributed by atoms with E-state index in [1.165, 1.54) is 3.71 Å². The highest BCUT2D eigenvalue weighted by molar-refractivity contribution is 7.93. The Kier molecular flexibility index (Phi) is 3.29. The Morgan fingerprint density at radius 1 is 1.50 bits per heavy atom. The van der Waals surface area contributed by atoms with E-state index in [9.17, 15) is 0 Å². The zero-order valence-corrected chi connectivity index (χ0v) is 8.89. The molecular weight excluding hydrogens is 188 g/mol. The highest BCUT2D eigenvalue weighted by atomic mass is 32.2. The summed E-state index contributed by atoms with van der Waals surface area (Å²) in [6.45, 7) is 4.02. The van der Waals surface area contributed by atoms with Gasteiger partial charge in [0.2, 0.25) is 0 Å². The summed E-state index contributed by atoms with van der Waals surface area (Å²) in [5.41, 5.74) is 2.04. The molecule has 1 rings (SSSR count). The lowest BCUT2D eigenvalue weighted by molar-refractivity contribution is 0.928. The van der Waals surface area contributed by atoms with Gasteiger partial charge in [-0.3, -0.25) is 8.70 Å². The van der Waals surface area contributed by atoms with Crippen molar-refractivity contribution in [1.82, 2.24) is 3.71 Å². The van der Waals surface area contributed by atoms with E-state index in [0.29, 0.717) is 0 Å². The van der Waals surface area contributed by atoms with Gasteiger partial charge in [0.15, 0.2) is 0 Å². The van der Waals surface area contributed by atoms with Gasteiger partial charge in [-0.05, 0) is 25.5 Å². The van der Waals surface area contributed by atoms with Crippen LogP contribution in [-0.2, 0) is 0 Å². The monoisotopic (exact) mass is 200 g/mol. The summed E-state index contributed by atoms with van der Waals surface area (Å²) in [4.78, 5) is 4.27. The van der Waals surface area contributed by atoms with Crippen molar-refractivity contribution in [2.75, 3.05) is 0 Å². The van der Waals surface area contributed by atoms with Crippen LogP contribution in [0.5, 0.6) is 0 Å². The zero-order valence-electron chi connectivity index (χ0n) is 7.10. The summed E-state index contributed by atoms with van der Waals surface area (Å²) in [5, 5.41) is 0. The maximum atomic E-state index is 4.27. The summed E-state index contributed by atoms with van der Waals surface area (Å²) < 4.78 is 1.50. The molecule has 0 aromatic carbocycles. The second-order valence-electron chi connectivity index (χ2n) is 2.74. The quantitative estimate of drug-likeness (QED) is 0.620. The number of rotatable bonds is 1. The molecule has 0 fully saturated rings. The fraction of sp³-hybridized carbons (Fsp3) is 0.375. The number of nitrogens with zero attached hydrogens (tertiary/aromatic N) is 2. The van der Waals surface area contributed by atoms with Gasteiger partial charge < -0.3 is 0 Å². The fourth-order valence-electron chi connectivity index (χ4n) is 0.931. The van der Waals surface area contributed by atoms with Gasteiger partial charge in [-0.2, -0.15) is 0 Å². The third-order valence-corrected chi connectivity index (χ3v) is 2.09. The molecule has 0 spiro atoms. The molecule has 0 N–H and O–H groups in total. The van der Waals surface area contributed by atoms with Crippen LogP contribution in [0.1, 0.15) is 13.8 Å². The summed E-state index contributed by atoms with van der Waals surface area (Å²) in [6, 6.07) is 0.235. The van der Waals surface area contributed by atoms with Crippen LogP contribution in [0.15, 0.2) is 28.4 Å². The van der Waals surface area contributed by atoms with Crippen molar-refractivity contribution in [2.24, 2.45) is 4.99 Å². The van der Waals surface area contributed by atoms with E-state index in [0.717, 1.165) is 11.3 Å². The van der Waals surface area contributed by atoms with Crippen LogP contribution in [0.2, 0.25) is 0 Å². The number of allylic oxidation sites excluding steroid dienone is 2. The Morgan fingerprint density at radius 3 is 2.75 bits per heavy atom. The van der Waals surface area contributed by atoms with Gasteiger partial charge >= 0.3 is 0 Å². The van der Waals surface area contributed by atoms with Gasteiger partial charge in [0.1, 0.15) is 0 Å². The first-order valence-corrected chi connectivity index (χ1v) is 4.51. The van der Waals surface area contributed by atoms with Crippen LogP contribution in [-0.4, -0.2) is 16.0 Å². The van der Waals surface area contributed by atoms with Gasteiger partial charge in [0, 0.05) is 6.21 Å². The molecule has 0 aromatic heterocycles. The topological polar surface area (TPSA) is 15.6 Å². The normalized spacial score (nSPS) is 22.8. The molecule has 0 aliphatic carbocycles. The minimum atomic E-state index is 0.235. The predicted molar refractivity (Wildman–Crippen MR) is 59.6 cm³/mol. The SMILES string of the molecule is CC1=C(N(S)S)C=CC(C)N=C1. The Hall–Kier alpha value is -0.350. The number of aliphatic imine (C=N–C) groups is 1. The van der Waals surface area contributed by atoms with E-state index < -0.39 is 0 Å². The van der Waals surface area contributed by atoms with Crippen LogP contribution >= 0.6 is 25.6 Å². The molecule has 1 aliphatic rings. The summed E-state index contributed by atoms with van der Waals surface area (Å²) in [7, 11) is 0. The van der Waals surface area contributed by atoms with Gasteiger partial charge in [-0.15, -0.1) is 0 Å². The minimum Gasteiger partial charge on any atom is -0.286 e. The van der Waals surface area contributed by atoms with E-state index in [2.05, 4.69) is 30.6 Å². The first-order chi connectivity index (χ1) is 5.61. The molecule has 0 radical (unpaired) electrons. The molecule has 1 heterocycles. The molecule has 0 saturated heterocycles. The minimum absolute atomic E-state index is 0.235. The van der Waals surface area contributed by atoms with Crippen LogP contribution in [0.4, 0.5) is 0 Å². The van der Waals surface area contributed by atoms with Crippen molar-refractivity contribution in [3.05, 3.63) is 23.4 Å². The van der Waals surface area contributed by atoms with E-state index in [1.807, 2.05) is 32.2 Å². The van der Waals surface area contributed by atoms with Gasteiger partial charge in [-0.1, -0.05) is 31.7 Å². The molecule has 0 aromatic rings. The van der Waals surface area contributed by atoms with Crippen LogP contribution in [0, 0.1) is 0 Å². The van der Waals surface area contributed by atoms with Crippen LogP contribution in [0.3, 0.4) is 0 Å². The van der Waals surface area contributed by atoms with Crippen molar-refractivity contribution in [3.63, 3.8) is 0 Å². The van der Waals surface area contributed by atoms with E-state index >= 15 is 0 Å². The maximum Gasteiger partial charge on any atom is 0.0655 e. The second-order valence-corrected chi connectivity index (χ2v) is 3.85. The third-order valence-electron chi connectivity index (χ3n) is 1.66. The molecule has 0 bridgehead atoms. The largest absolute Gasteiger partial charge is 0.286 e. The van der Waals surface area contributed by atoms with Gasteiger partial charge in [0.25, 0.3) is 0 Å². The summed E-state index contributed by atoms with van der Waals surface area (Å²) >= 11 is 8.21. The van der Waals surface area contributed by atoms with Crippen LogP contribution < -0.4 is 0 Å². The summed E-state index contributed by atoms with van der Waals surface area (Å²) in [6.07, 6.45) is 5.84. The van der Waals surface area contributed by atoms with Crippen molar-refractivity contribution >= 4 is 31.8 Å². The first kappa shape index (κ1) is 9.74. The molecule has 0 saturated carbocycles. The van der Waals surface area contributed by atoms with E-state index in [-0.39, 0.29) is 6.04 Å². The highest BCUT2D eigenvalue weighted by Crippen LogP contribution is 2.18.